The van der Waals surface area contributed by atoms with Crippen LogP contribution < -0.4 is 0 Å². The molecule has 1 aliphatic carbocycles. The van der Waals surface area contributed by atoms with Gasteiger partial charge in [-0.25, -0.2) is 4.39 Å². The third-order valence-electron chi connectivity index (χ3n) is 7.00. The van der Waals surface area contributed by atoms with Gasteiger partial charge in [0.25, 0.3) is 0 Å². The molecule has 2 amide bonds. The topological polar surface area (TPSA) is 60.9 Å². The number of piperazine rings is 1. The number of aliphatic hydroxyl groups excluding tert-OH is 1. The van der Waals surface area contributed by atoms with Crippen molar-refractivity contribution in [2.45, 2.75) is 37.3 Å². The molecule has 1 saturated carbocycles. The van der Waals surface area contributed by atoms with Gasteiger partial charge in [-0.1, -0.05) is 48.9 Å². The molecule has 156 valence electrons. The molecule has 30 heavy (non-hydrogen) atoms. The second-order valence-corrected chi connectivity index (χ2v) is 8.59. The smallest absolute Gasteiger partial charge is 0.242 e. The van der Waals surface area contributed by atoms with E-state index in [4.69, 9.17) is 0 Å². The summed E-state index contributed by atoms with van der Waals surface area (Å²) in [5, 5.41) is 9.93. The van der Waals surface area contributed by atoms with Crippen LogP contribution in [0.1, 0.15) is 30.7 Å². The molecule has 6 heteroatoms. The number of halogens is 1. The summed E-state index contributed by atoms with van der Waals surface area (Å²) in [6.45, 7) is 0.511. The van der Waals surface area contributed by atoms with Crippen LogP contribution in [0, 0.1) is 11.7 Å². The van der Waals surface area contributed by atoms with E-state index in [1.807, 2.05) is 24.3 Å². The highest BCUT2D eigenvalue weighted by atomic mass is 19.1. The van der Waals surface area contributed by atoms with Crippen LogP contribution in [0.15, 0.2) is 48.5 Å². The van der Waals surface area contributed by atoms with Crippen molar-refractivity contribution < 1.29 is 19.1 Å². The summed E-state index contributed by atoms with van der Waals surface area (Å²) in [4.78, 5) is 28.9. The van der Waals surface area contributed by atoms with Crippen molar-refractivity contribution in [1.82, 2.24) is 9.80 Å². The fraction of sp³-hybridized carbons (Fsp3) is 0.417. The third-order valence-corrected chi connectivity index (χ3v) is 7.00. The van der Waals surface area contributed by atoms with Crippen molar-refractivity contribution in [2.75, 3.05) is 19.7 Å². The first kappa shape index (κ1) is 19.2. The quantitative estimate of drug-likeness (QED) is 0.846. The second-order valence-electron chi connectivity index (χ2n) is 8.59. The van der Waals surface area contributed by atoms with Crippen molar-refractivity contribution in [3.05, 3.63) is 59.9 Å². The van der Waals surface area contributed by atoms with Crippen LogP contribution in [0.5, 0.6) is 0 Å². The summed E-state index contributed by atoms with van der Waals surface area (Å²) >= 11 is 0. The van der Waals surface area contributed by atoms with Gasteiger partial charge in [-0.2, -0.15) is 0 Å². The van der Waals surface area contributed by atoms with E-state index in [2.05, 4.69) is 0 Å². The van der Waals surface area contributed by atoms with E-state index in [1.54, 1.807) is 28.0 Å². The number of nitrogens with zero attached hydrogens (tertiary/aromatic N) is 2. The molecule has 3 fully saturated rings. The van der Waals surface area contributed by atoms with Crippen LogP contribution in [-0.2, 0) is 9.59 Å². The Kier molecular flexibility index (Phi) is 4.82. The molecule has 2 aromatic rings. The molecule has 0 unspecified atom stereocenters. The average Bonchev–Trinajstić information content (AvgIpc) is 2.69. The Balaban J connectivity index is 1.38. The number of rotatable bonds is 4. The zero-order valence-corrected chi connectivity index (χ0v) is 16.7. The Bertz CT molecular complexity index is 973. The lowest BCUT2D eigenvalue weighted by Gasteiger charge is -2.59. The Morgan fingerprint density at radius 3 is 2.47 bits per heavy atom. The Hall–Kier alpha value is -2.73. The first-order valence-electron chi connectivity index (χ1n) is 10.6. The zero-order valence-electron chi connectivity index (χ0n) is 16.7. The van der Waals surface area contributed by atoms with Gasteiger partial charge in [0, 0.05) is 23.9 Å². The molecule has 0 spiro atoms. The van der Waals surface area contributed by atoms with Crippen molar-refractivity contribution in [2.24, 2.45) is 5.92 Å². The third kappa shape index (κ3) is 3.01. The fourth-order valence-electron chi connectivity index (χ4n) is 5.16. The number of hydrogen-bond acceptors (Lipinski definition) is 3. The van der Waals surface area contributed by atoms with Gasteiger partial charge < -0.3 is 14.9 Å². The van der Waals surface area contributed by atoms with Gasteiger partial charge >= 0.3 is 0 Å². The first-order valence-corrected chi connectivity index (χ1v) is 10.6. The maximum atomic E-state index is 14.1. The molecule has 5 nitrogen and oxygen atoms in total. The van der Waals surface area contributed by atoms with Crippen molar-refractivity contribution in [3.63, 3.8) is 0 Å². The van der Waals surface area contributed by atoms with Crippen molar-refractivity contribution >= 4 is 11.8 Å². The van der Waals surface area contributed by atoms with E-state index >= 15 is 0 Å². The molecular weight excluding hydrogens is 383 g/mol. The average molecular weight is 408 g/mol. The van der Waals surface area contributed by atoms with Gasteiger partial charge in [-0.3, -0.25) is 9.59 Å². The number of amides is 2. The molecule has 2 saturated heterocycles. The number of carbonyl (C=O) groups is 2. The molecule has 2 aliphatic heterocycles. The van der Waals surface area contributed by atoms with Gasteiger partial charge in [0.05, 0.1) is 25.2 Å². The van der Waals surface area contributed by atoms with Gasteiger partial charge in [0.15, 0.2) is 0 Å². The predicted octanol–water partition coefficient (Wildman–Crippen LogP) is 2.79. The molecule has 2 aromatic carbocycles. The Morgan fingerprint density at radius 1 is 1.10 bits per heavy atom. The summed E-state index contributed by atoms with van der Waals surface area (Å²) in [5.41, 5.74) is 2.33. The second kappa shape index (κ2) is 7.51. The van der Waals surface area contributed by atoms with E-state index in [0.29, 0.717) is 12.1 Å². The van der Waals surface area contributed by atoms with E-state index in [0.717, 1.165) is 30.4 Å². The summed E-state index contributed by atoms with van der Waals surface area (Å²) in [7, 11) is 0. The highest BCUT2D eigenvalue weighted by Gasteiger charge is 2.54. The standard InChI is InChI=1S/C24H25FN2O3/c25-19-7-2-1-6-18(19)15-8-10-16(11-9-15)23-20-12-26(24(30)17-4-3-5-17)13-22(29)27(20)21(23)14-28/h1-2,6-11,17,20-21,23,28H,3-5,12-14H2/t20-,21+,23+/m1/s1. The van der Waals surface area contributed by atoms with E-state index < -0.39 is 0 Å². The van der Waals surface area contributed by atoms with Crippen molar-refractivity contribution in [1.29, 1.82) is 0 Å². The van der Waals surface area contributed by atoms with Crippen LogP contribution in [0.3, 0.4) is 0 Å². The Morgan fingerprint density at radius 2 is 1.83 bits per heavy atom. The molecule has 5 rings (SSSR count). The van der Waals surface area contributed by atoms with E-state index in [-0.39, 0.29) is 54.7 Å². The monoisotopic (exact) mass is 408 g/mol. The minimum absolute atomic E-state index is 0.0365. The molecule has 2 heterocycles. The van der Waals surface area contributed by atoms with Gasteiger partial charge in [0.1, 0.15) is 5.82 Å². The summed E-state index contributed by atoms with van der Waals surface area (Å²) in [6.07, 6.45) is 2.91. The maximum Gasteiger partial charge on any atom is 0.242 e. The lowest BCUT2D eigenvalue weighted by Crippen LogP contribution is -2.73. The molecule has 0 aromatic heterocycles. The number of benzene rings is 2. The number of aliphatic hydroxyl groups is 1. The zero-order chi connectivity index (χ0) is 20.8. The van der Waals surface area contributed by atoms with Crippen LogP contribution in [0.4, 0.5) is 4.39 Å². The van der Waals surface area contributed by atoms with E-state index in [1.165, 1.54) is 6.07 Å². The van der Waals surface area contributed by atoms with E-state index in [9.17, 15) is 19.1 Å². The molecular formula is C24H25FN2O3. The lowest BCUT2D eigenvalue weighted by atomic mass is 9.73. The lowest BCUT2D eigenvalue weighted by molar-refractivity contribution is -0.169. The highest BCUT2D eigenvalue weighted by Crippen LogP contribution is 2.44. The number of fused-ring (bicyclic) bond motifs is 1. The molecule has 3 aliphatic rings. The minimum Gasteiger partial charge on any atom is -0.394 e. The molecule has 0 radical (unpaired) electrons. The van der Waals surface area contributed by atoms with Gasteiger partial charge in [0.2, 0.25) is 11.8 Å². The first-order chi connectivity index (χ1) is 14.6. The van der Waals surface area contributed by atoms with Crippen LogP contribution >= 0.6 is 0 Å². The van der Waals surface area contributed by atoms with Crippen LogP contribution in [-0.4, -0.2) is 58.5 Å². The summed E-state index contributed by atoms with van der Waals surface area (Å²) < 4.78 is 14.1. The van der Waals surface area contributed by atoms with Crippen molar-refractivity contribution in [3.8, 4) is 11.1 Å². The highest BCUT2D eigenvalue weighted by molar-refractivity contribution is 5.89. The number of hydrogen-bond donors (Lipinski definition) is 1. The predicted molar refractivity (Wildman–Crippen MR) is 110 cm³/mol. The molecule has 0 bridgehead atoms. The largest absolute Gasteiger partial charge is 0.394 e. The minimum atomic E-state index is -0.275. The molecule has 3 atom stereocenters. The SMILES string of the molecule is O=C(C1CCC1)N1CC(=O)N2[C@H](C1)[C@H](c1ccc(-c3ccccc3F)cc1)[C@@H]2CO. The Labute approximate surface area is 175 Å². The number of carbonyl (C=O) groups excluding carboxylic acids is 2. The summed E-state index contributed by atoms with van der Waals surface area (Å²) in [5.74, 6) is -0.231. The normalized spacial score (nSPS) is 26.1. The summed E-state index contributed by atoms with van der Waals surface area (Å²) in [6, 6.07) is 13.9. The fourth-order valence-corrected chi connectivity index (χ4v) is 5.16. The van der Waals surface area contributed by atoms with Crippen LogP contribution in [0.25, 0.3) is 11.1 Å². The maximum absolute atomic E-state index is 14.1. The van der Waals surface area contributed by atoms with Crippen LogP contribution in [0.2, 0.25) is 0 Å². The van der Waals surface area contributed by atoms with Gasteiger partial charge in [-0.15, -0.1) is 0 Å². The molecule has 1 N–H and O–H groups in total. The van der Waals surface area contributed by atoms with Gasteiger partial charge in [-0.05, 0) is 30.0 Å².